The van der Waals surface area contributed by atoms with Gasteiger partial charge in [0, 0.05) is 12.1 Å². The Morgan fingerprint density at radius 3 is 3.15 bits per heavy atom. The Hall–Kier alpha value is -1.02. The van der Waals surface area contributed by atoms with Crippen LogP contribution in [0.25, 0.3) is 0 Å². The van der Waals surface area contributed by atoms with Crippen molar-refractivity contribution in [3.8, 4) is 5.75 Å². The van der Waals surface area contributed by atoms with Gasteiger partial charge >= 0.3 is 0 Å². The predicted molar refractivity (Wildman–Crippen MR) is 52.8 cm³/mol. The van der Waals surface area contributed by atoms with Gasteiger partial charge in [-0.1, -0.05) is 19.1 Å². The number of phenols is 1. The quantitative estimate of drug-likeness (QED) is 0.635. The molecule has 1 unspecified atom stereocenters. The van der Waals surface area contributed by atoms with Crippen LogP contribution >= 0.6 is 0 Å². The third-order valence-corrected chi connectivity index (χ3v) is 2.74. The molecule has 0 fully saturated rings. The first-order valence-electron chi connectivity index (χ1n) is 4.80. The minimum Gasteiger partial charge on any atom is -0.508 e. The fourth-order valence-electron chi connectivity index (χ4n) is 2.01. The van der Waals surface area contributed by atoms with Gasteiger partial charge < -0.3 is 10.4 Å². The Morgan fingerprint density at radius 2 is 2.31 bits per heavy atom. The number of aromatic hydroxyl groups is 1. The number of fused-ring (bicyclic) bond motifs is 1. The van der Waals surface area contributed by atoms with Crippen molar-refractivity contribution in [2.75, 3.05) is 6.54 Å². The smallest absolute Gasteiger partial charge is 0.119 e. The number of hydrogen-bond acceptors (Lipinski definition) is 2. The summed E-state index contributed by atoms with van der Waals surface area (Å²) in [5.41, 5.74) is 2.37. The lowest BCUT2D eigenvalue weighted by molar-refractivity contribution is 0.461. The van der Waals surface area contributed by atoms with Gasteiger partial charge in [0.05, 0.1) is 0 Å². The molecule has 2 N–H and O–H groups in total. The molecule has 1 aliphatic heterocycles. The molecule has 1 aromatic rings. The molecule has 0 saturated heterocycles. The highest BCUT2D eigenvalue weighted by molar-refractivity contribution is 5.42. The summed E-state index contributed by atoms with van der Waals surface area (Å²) in [5, 5.41) is 13.1. The number of hydrogen-bond donors (Lipinski definition) is 2. The van der Waals surface area contributed by atoms with Crippen LogP contribution in [0.15, 0.2) is 18.2 Å². The molecule has 0 aromatic heterocycles. The van der Waals surface area contributed by atoms with Crippen LogP contribution in [0, 0.1) is 0 Å². The van der Waals surface area contributed by atoms with Crippen molar-refractivity contribution in [1.29, 1.82) is 0 Å². The van der Waals surface area contributed by atoms with E-state index in [1.807, 2.05) is 6.07 Å². The number of phenolic OH excluding ortho intramolecular Hbond substituents is 1. The van der Waals surface area contributed by atoms with Gasteiger partial charge in [-0.3, -0.25) is 0 Å². The van der Waals surface area contributed by atoms with Gasteiger partial charge in [-0.05, 0) is 30.5 Å². The fourth-order valence-corrected chi connectivity index (χ4v) is 2.01. The SMILES string of the molecule is CC1CCNCc2cccc(O)c21. The van der Waals surface area contributed by atoms with Crippen molar-refractivity contribution in [2.45, 2.75) is 25.8 Å². The Balaban J connectivity index is 2.48. The highest BCUT2D eigenvalue weighted by Crippen LogP contribution is 2.32. The largest absolute Gasteiger partial charge is 0.508 e. The first-order chi connectivity index (χ1) is 6.29. The minimum absolute atomic E-state index is 0.453. The van der Waals surface area contributed by atoms with Crippen LogP contribution in [-0.4, -0.2) is 11.7 Å². The van der Waals surface area contributed by atoms with Crippen molar-refractivity contribution in [1.82, 2.24) is 5.32 Å². The summed E-state index contributed by atoms with van der Waals surface area (Å²) in [6.07, 6.45) is 1.10. The third-order valence-electron chi connectivity index (χ3n) is 2.74. The van der Waals surface area contributed by atoms with Crippen molar-refractivity contribution < 1.29 is 5.11 Å². The molecular formula is C11H15NO. The zero-order valence-corrected chi connectivity index (χ0v) is 7.88. The van der Waals surface area contributed by atoms with Crippen molar-refractivity contribution in [3.63, 3.8) is 0 Å². The lowest BCUT2D eigenvalue weighted by Gasteiger charge is -2.13. The predicted octanol–water partition coefficient (Wildman–Crippen LogP) is 1.99. The molecule has 0 spiro atoms. The van der Waals surface area contributed by atoms with Crippen LogP contribution in [0.2, 0.25) is 0 Å². The van der Waals surface area contributed by atoms with Crippen molar-refractivity contribution in [3.05, 3.63) is 29.3 Å². The molecule has 1 heterocycles. The van der Waals surface area contributed by atoms with E-state index < -0.39 is 0 Å². The van der Waals surface area contributed by atoms with Gasteiger partial charge in [0.1, 0.15) is 5.75 Å². The Bertz CT molecular complexity index is 309. The first kappa shape index (κ1) is 8.57. The molecule has 0 aliphatic carbocycles. The molecule has 2 nitrogen and oxygen atoms in total. The van der Waals surface area contributed by atoms with E-state index in [0.29, 0.717) is 11.7 Å². The van der Waals surface area contributed by atoms with Crippen LogP contribution < -0.4 is 5.32 Å². The van der Waals surface area contributed by atoms with Crippen LogP contribution in [0.3, 0.4) is 0 Å². The summed E-state index contributed by atoms with van der Waals surface area (Å²) < 4.78 is 0. The molecule has 1 aliphatic rings. The summed E-state index contributed by atoms with van der Waals surface area (Å²) in [5.74, 6) is 0.917. The zero-order chi connectivity index (χ0) is 9.26. The van der Waals surface area contributed by atoms with Gasteiger partial charge in [0.15, 0.2) is 0 Å². The molecule has 1 aromatic carbocycles. The molecule has 0 radical (unpaired) electrons. The maximum atomic E-state index is 9.72. The maximum Gasteiger partial charge on any atom is 0.119 e. The average Bonchev–Trinajstić information content (AvgIpc) is 2.29. The Morgan fingerprint density at radius 1 is 1.46 bits per heavy atom. The molecule has 13 heavy (non-hydrogen) atoms. The van der Waals surface area contributed by atoms with Crippen LogP contribution in [0.4, 0.5) is 0 Å². The number of rotatable bonds is 0. The topological polar surface area (TPSA) is 32.3 Å². The monoisotopic (exact) mass is 177 g/mol. The zero-order valence-electron chi connectivity index (χ0n) is 7.88. The molecule has 2 rings (SSSR count). The van der Waals surface area contributed by atoms with E-state index in [1.54, 1.807) is 6.07 Å². The van der Waals surface area contributed by atoms with Gasteiger partial charge in [0.25, 0.3) is 0 Å². The Labute approximate surface area is 78.6 Å². The van der Waals surface area contributed by atoms with Gasteiger partial charge in [0.2, 0.25) is 0 Å². The summed E-state index contributed by atoms with van der Waals surface area (Å²) >= 11 is 0. The lowest BCUT2D eigenvalue weighted by Crippen LogP contribution is -2.12. The molecule has 0 amide bonds. The van der Waals surface area contributed by atoms with E-state index in [9.17, 15) is 5.11 Å². The standard InChI is InChI=1S/C11H15NO/c1-8-5-6-12-7-9-3-2-4-10(13)11(8)9/h2-4,8,12-13H,5-7H2,1H3. The molecular weight excluding hydrogens is 162 g/mol. The number of nitrogens with one attached hydrogen (secondary N) is 1. The fraction of sp³-hybridized carbons (Fsp3) is 0.455. The Kier molecular flexibility index (Phi) is 2.23. The van der Waals surface area contributed by atoms with Crippen LogP contribution in [0.5, 0.6) is 5.75 Å². The highest BCUT2D eigenvalue weighted by Gasteiger charge is 2.17. The van der Waals surface area contributed by atoms with E-state index in [-0.39, 0.29) is 0 Å². The minimum atomic E-state index is 0.453. The van der Waals surface area contributed by atoms with E-state index in [0.717, 1.165) is 25.1 Å². The van der Waals surface area contributed by atoms with Gasteiger partial charge in [-0.15, -0.1) is 0 Å². The molecule has 2 heteroatoms. The third kappa shape index (κ3) is 1.54. The molecule has 70 valence electrons. The van der Waals surface area contributed by atoms with Crippen molar-refractivity contribution in [2.24, 2.45) is 0 Å². The second-order valence-electron chi connectivity index (χ2n) is 3.72. The normalized spacial score (nSPS) is 22.1. The van der Waals surface area contributed by atoms with E-state index in [2.05, 4.69) is 18.3 Å². The van der Waals surface area contributed by atoms with E-state index in [1.165, 1.54) is 5.56 Å². The highest BCUT2D eigenvalue weighted by atomic mass is 16.3. The molecule has 0 bridgehead atoms. The molecule has 0 saturated carbocycles. The second-order valence-corrected chi connectivity index (χ2v) is 3.72. The van der Waals surface area contributed by atoms with E-state index >= 15 is 0 Å². The van der Waals surface area contributed by atoms with Crippen LogP contribution in [0.1, 0.15) is 30.4 Å². The summed E-state index contributed by atoms with van der Waals surface area (Å²) in [6, 6.07) is 5.78. The average molecular weight is 177 g/mol. The van der Waals surface area contributed by atoms with Crippen LogP contribution in [-0.2, 0) is 6.54 Å². The van der Waals surface area contributed by atoms with E-state index in [4.69, 9.17) is 0 Å². The molecule has 1 atom stereocenters. The number of benzene rings is 1. The lowest BCUT2D eigenvalue weighted by atomic mass is 9.93. The summed E-state index contributed by atoms with van der Waals surface area (Å²) in [7, 11) is 0. The summed E-state index contributed by atoms with van der Waals surface area (Å²) in [6.45, 7) is 4.09. The summed E-state index contributed by atoms with van der Waals surface area (Å²) in [4.78, 5) is 0. The maximum absolute atomic E-state index is 9.72. The van der Waals surface area contributed by atoms with Gasteiger partial charge in [-0.2, -0.15) is 0 Å². The first-order valence-corrected chi connectivity index (χ1v) is 4.80. The van der Waals surface area contributed by atoms with Crippen molar-refractivity contribution >= 4 is 0 Å². The second kappa shape index (κ2) is 3.38. The van der Waals surface area contributed by atoms with Gasteiger partial charge in [-0.25, -0.2) is 0 Å².